The van der Waals surface area contributed by atoms with Crippen LogP contribution in [0.3, 0.4) is 0 Å². The van der Waals surface area contributed by atoms with Gasteiger partial charge in [0.15, 0.2) is 0 Å². The molecular weight excluding hydrogens is 401 g/mol. The molecule has 2 aromatic rings. The molecular formula is C27H32FN3O. The number of ether oxygens (including phenoxy) is 1. The van der Waals surface area contributed by atoms with Crippen molar-refractivity contribution in [1.82, 2.24) is 4.90 Å². The van der Waals surface area contributed by atoms with Crippen molar-refractivity contribution in [3.05, 3.63) is 70.5 Å². The summed E-state index contributed by atoms with van der Waals surface area (Å²) in [6.07, 6.45) is 9.32. The van der Waals surface area contributed by atoms with E-state index in [2.05, 4.69) is 23.1 Å². The Bertz CT molecular complexity index is 1030. The molecule has 2 aliphatic heterocycles. The highest BCUT2D eigenvalue weighted by Gasteiger charge is 2.49. The van der Waals surface area contributed by atoms with Crippen LogP contribution >= 0.6 is 0 Å². The van der Waals surface area contributed by atoms with Crippen molar-refractivity contribution in [3.63, 3.8) is 0 Å². The first kappa shape index (κ1) is 20.2. The molecule has 2 aliphatic carbocycles. The summed E-state index contributed by atoms with van der Waals surface area (Å²) in [5, 5.41) is 0. The molecule has 4 nitrogen and oxygen atoms in total. The van der Waals surface area contributed by atoms with E-state index < -0.39 is 0 Å². The van der Waals surface area contributed by atoms with Gasteiger partial charge in [-0.2, -0.15) is 0 Å². The van der Waals surface area contributed by atoms with E-state index in [9.17, 15) is 4.39 Å². The second-order valence-corrected chi connectivity index (χ2v) is 10.1. The van der Waals surface area contributed by atoms with Crippen molar-refractivity contribution in [1.29, 1.82) is 0 Å². The van der Waals surface area contributed by atoms with Crippen molar-refractivity contribution in [2.24, 2.45) is 10.7 Å². The SMILES string of the molecule is N[C@@H]1CCC[C@]12CN=C(N1CCc3cc(C4CCCC4)ccc3[C@@H]1c1ccc(F)cc1)O2. The smallest absolute Gasteiger partial charge is 0.288 e. The molecule has 1 spiro atoms. The van der Waals surface area contributed by atoms with Crippen LogP contribution in [0.2, 0.25) is 0 Å². The summed E-state index contributed by atoms with van der Waals surface area (Å²) < 4.78 is 20.3. The molecule has 0 saturated heterocycles. The summed E-state index contributed by atoms with van der Waals surface area (Å²) in [6.45, 7) is 1.48. The summed E-state index contributed by atoms with van der Waals surface area (Å²) in [7, 11) is 0. The molecule has 2 heterocycles. The molecule has 32 heavy (non-hydrogen) atoms. The third-order valence-electron chi connectivity index (χ3n) is 8.22. The van der Waals surface area contributed by atoms with Crippen LogP contribution in [-0.2, 0) is 11.2 Å². The number of nitrogens with zero attached hydrogens (tertiary/aromatic N) is 2. The molecule has 0 bridgehead atoms. The van der Waals surface area contributed by atoms with Gasteiger partial charge in [-0.05, 0) is 78.8 Å². The summed E-state index contributed by atoms with van der Waals surface area (Å²) in [6, 6.07) is 14.7. The van der Waals surface area contributed by atoms with E-state index >= 15 is 0 Å². The van der Waals surface area contributed by atoms with Gasteiger partial charge in [-0.25, -0.2) is 9.38 Å². The van der Waals surface area contributed by atoms with Gasteiger partial charge in [0.05, 0.1) is 12.6 Å². The highest BCUT2D eigenvalue weighted by Crippen LogP contribution is 2.42. The van der Waals surface area contributed by atoms with Gasteiger partial charge in [-0.15, -0.1) is 0 Å². The largest absolute Gasteiger partial charge is 0.455 e. The summed E-state index contributed by atoms with van der Waals surface area (Å²) in [5.41, 5.74) is 11.3. The van der Waals surface area contributed by atoms with Gasteiger partial charge < -0.3 is 15.4 Å². The molecule has 168 valence electrons. The van der Waals surface area contributed by atoms with E-state index in [1.54, 1.807) is 12.1 Å². The maximum Gasteiger partial charge on any atom is 0.288 e. The lowest BCUT2D eigenvalue weighted by Crippen LogP contribution is -2.49. The zero-order valence-electron chi connectivity index (χ0n) is 18.6. The summed E-state index contributed by atoms with van der Waals surface area (Å²) >= 11 is 0. The molecule has 2 saturated carbocycles. The maximum absolute atomic E-state index is 13.7. The van der Waals surface area contributed by atoms with Crippen molar-refractivity contribution in [2.45, 2.75) is 75.0 Å². The lowest BCUT2D eigenvalue weighted by molar-refractivity contribution is 0.0551. The molecule has 0 unspecified atom stereocenters. The maximum atomic E-state index is 13.7. The topological polar surface area (TPSA) is 50.8 Å². The number of amidine groups is 1. The Morgan fingerprint density at radius 3 is 2.53 bits per heavy atom. The van der Waals surface area contributed by atoms with Crippen molar-refractivity contribution in [3.8, 4) is 0 Å². The Kier molecular flexibility index (Phi) is 4.98. The second-order valence-electron chi connectivity index (χ2n) is 10.1. The molecule has 5 heteroatoms. The lowest BCUT2D eigenvalue weighted by atomic mass is 9.85. The lowest BCUT2D eigenvalue weighted by Gasteiger charge is -2.40. The average molecular weight is 434 g/mol. The monoisotopic (exact) mass is 433 g/mol. The number of nitrogens with two attached hydrogens (primary N) is 1. The number of halogens is 1. The third-order valence-corrected chi connectivity index (χ3v) is 8.22. The minimum absolute atomic E-state index is 0.0245. The van der Waals surface area contributed by atoms with Crippen LogP contribution in [-0.4, -0.2) is 35.7 Å². The van der Waals surface area contributed by atoms with Gasteiger partial charge in [0.1, 0.15) is 11.4 Å². The first-order valence-corrected chi connectivity index (χ1v) is 12.3. The van der Waals surface area contributed by atoms with Crippen molar-refractivity contribution in [2.75, 3.05) is 13.1 Å². The second kappa shape index (κ2) is 7.87. The molecule has 6 rings (SSSR count). The van der Waals surface area contributed by atoms with Crippen molar-refractivity contribution >= 4 is 6.02 Å². The van der Waals surface area contributed by atoms with Gasteiger partial charge in [-0.1, -0.05) is 43.2 Å². The Labute approximate surface area is 189 Å². The fraction of sp³-hybridized carbons (Fsp3) is 0.519. The van der Waals surface area contributed by atoms with Gasteiger partial charge in [-0.3, -0.25) is 0 Å². The number of hydrogen-bond donors (Lipinski definition) is 1. The Morgan fingerprint density at radius 2 is 1.78 bits per heavy atom. The van der Waals surface area contributed by atoms with E-state index in [0.717, 1.165) is 37.8 Å². The number of aliphatic imine (C=N–C) groups is 1. The molecule has 0 amide bonds. The van der Waals surface area contributed by atoms with Crippen LogP contribution in [0.5, 0.6) is 0 Å². The van der Waals surface area contributed by atoms with Crippen LogP contribution in [0.15, 0.2) is 47.5 Å². The molecule has 3 atom stereocenters. The van der Waals surface area contributed by atoms with Gasteiger partial charge in [0, 0.05) is 12.6 Å². The van der Waals surface area contributed by atoms with E-state index in [0.29, 0.717) is 18.5 Å². The predicted octanol–water partition coefficient (Wildman–Crippen LogP) is 5.07. The van der Waals surface area contributed by atoms with Crippen LogP contribution in [0.4, 0.5) is 4.39 Å². The number of rotatable bonds is 2. The van der Waals surface area contributed by atoms with Crippen LogP contribution in [0.25, 0.3) is 0 Å². The molecule has 0 radical (unpaired) electrons. The summed E-state index contributed by atoms with van der Waals surface area (Å²) in [5.74, 6) is 0.493. The molecule has 2 aromatic carbocycles. The fourth-order valence-electron chi connectivity index (χ4n) is 6.36. The Hall–Kier alpha value is -2.40. The van der Waals surface area contributed by atoms with Crippen LogP contribution in [0.1, 0.15) is 79.2 Å². The van der Waals surface area contributed by atoms with E-state index in [-0.39, 0.29) is 23.5 Å². The highest BCUT2D eigenvalue weighted by atomic mass is 19.1. The highest BCUT2D eigenvalue weighted by molar-refractivity contribution is 5.78. The molecule has 2 fully saturated rings. The fourth-order valence-corrected chi connectivity index (χ4v) is 6.36. The van der Waals surface area contributed by atoms with E-state index in [4.69, 9.17) is 15.5 Å². The first-order valence-electron chi connectivity index (χ1n) is 12.3. The first-order chi connectivity index (χ1) is 15.6. The number of hydrogen-bond acceptors (Lipinski definition) is 4. The molecule has 4 aliphatic rings. The normalized spacial score (nSPS) is 29.9. The van der Waals surface area contributed by atoms with E-state index in [1.165, 1.54) is 42.4 Å². The van der Waals surface area contributed by atoms with E-state index in [1.807, 2.05) is 12.1 Å². The third kappa shape index (κ3) is 3.33. The van der Waals surface area contributed by atoms with Crippen LogP contribution in [0, 0.1) is 5.82 Å². The van der Waals surface area contributed by atoms with Crippen LogP contribution < -0.4 is 5.73 Å². The zero-order valence-corrected chi connectivity index (χ0v) is 18.6. The minimum Gasteiger partial charge on any atom is -0.455 e. The quantitative estimate of drug-likeness (QED) is 0.720. The summed E-state index contributed by atoms with van der Waals surface area (Å²) in [4.78, 5) is 7.14. The van der Waals surface area contributed by atoms with Gasteiger partial charge in [0.2, 0.25) is 0 Å². The van der Waals surface area contributed by atoms with Crippen molar-refractivity contribution < 1.29 is 9.13 Å². The predicted molar refractivity (Wildman–Crippen MR) is 124 cm³/mol. The van der Waals surface area contributed by atoms with Gasteiger partial charge >= 0.3 is 0 Å². The Morgan fingerprint density at radius 1 is 1.00 bits per heavy atom. The minimum atomic E-state index is -0.338. The zero-order chi connectivity index (χ0) is 21.7. The standard InChI is InChI=1S/C27H32FN3O/c28-22-10-7-19(8-11-22)25-23-12-9-20(18-4-1-2-5-18)16-21(23)13-15-31(25)26-30-17-27(32-26)14-3-6-24(27)29/h7-12,16,18,24-25H,1-6,13-15,17,29H2/t24-,25+,27+/m1/s1. The average Bonchev–Trinajstić information content (AvgIpc) is 3.57. The number of fused-ring (bicyclic) bond motifs is 1. The van der Waals surface area contributed by atoms with Gasteiger partial charge in [0.25, 0.3) is 6.02 Å². The molecule has 0 aromatic heterocycles. The molecule has 2 N–H and O–H groups in total. The Balaban J connectivity index is 1.36. The number of benzene rings is 2.